The van der Waals surface area contributed by atoms with E-state index in [-0.39, 0.29) is 24.4 Å². The highest BCUT2D eigenvalue weighted by atomic mass is 127. The van der Waals surface area contributed by atoms with Crippen LogP contribution in [0.5, 0.6) is 0 Å². The molecule has 1 aliphatic carbocycles. The van der Waals surface area contributed by atoms with Crippen LogP contribution in [0.3, 0.4) is 0 Å². The van der Waals surface area contributed by atoms with Gasteiger partial charge in [0.15, 0.2) is 11.6 Å². The molecule has 0 N–H and O–H groups in total. The first-order chi connectivity index (χ1) is 8.08. The van der Waals surface area contributed by atoms with Crippen molar-refractivity contribution in [3.63, 3.8) is 0 Å². The number of ketones is 2. The summed E-state index contributed by atoms with van der Waals surface area (Å²) in [5.41, 5.74) is 0.345. The van der Waals surface area contributed by atoms with E-state index in [1.165, 1.54) is 0 Å². The standard InChI is InChI=1S/C12H9IO4/c13-8-3-1-7(2-4-8)12(16)17-11-9(14)5-6-10(11)15/h1-4,11H,5-6H2. The molecule has 5 heteroatoms. The van der Waals surface area contributed by atoms with Crippen molar-refractivity contribution in [1.29, 1.82) is 0 Å². The lowest BCUT2D eigenvalue weighted by molar-refractivity contribution is -0.133. The van der Waals surface area contributed by atoms with Crippen LogP contribution in [0.2, 0.25) is 0 Å². The summed E-state index contributed by atoms with van der Waals surface area (Å²) in [6.07, 6.45) is -0.853. The summed E-state index contributed by atoms with van der Waals surface area (Å²) in [5.74, 6) is -1.25. The zero-order valence-electron chi connectivity index (χ0n) is 8.81. The molecule has 0 saturated heterocycles. The Hall–Kier alpha value is -1.24. The first-order valence-corrected chi connectivity index (χ1v) is 6.18. The van der Waals surface area contributed by atoms with Crippen LogP contribution in [-0.2, 0) is 14.3 Å². The van der Waals surface area contributed by atoms with Crippen molar-refractivity contribution in [2.24, 2.45) is 0 Å². The molecule has 0 spiro atoms. The minimum atomic E-state index is -1.19. The number of carbonyl (C=O) groups excluding carboxylic acids is 3. The van der Waals surface area contributed by atoms with Crippen molar-refractivity contribution in [2.45, 2.75) is 18.9 Å². The van der Waals surface area contributed by atoms with E-state index < -0.39 is 12.1 Å². The largest absolute Gasteiger partial charge is 0.443 e. The number of halogens is 1. The maximum absolute atomic E-state index is 11.7. The van der Waals surface area contributed by atoms with Crippen molar-refractivity contribution >= 4 is 40.1 Å². The van der Waals surface area contributed by atoms with Gasteiger partial charge in [-0.2, -0.15) is 0 Å². The van der Waals surface area contributed by atoms with Gasteiger partial charge in [-0.3, -0.25) is 9.59 Å². The topological polar surface area (TPSA) is 60.4 Å². The lowest BCUT2D eigenvalue weighted by atomic mass is 10.2. The average molecular weight is 344 g/mol. The molecule has 1 aromatic rings. The molecule has 1 fully saturated rings. The molecule has 2 rings (SSSR count). The van der Waals surface area contributed by atoms with Gasteiger partial charge in [0.25, 0.3) is 0 Å². The van der Waals surface area contributed by atoms with Gasteiger partial charge < -0.3 is 4.74 Å². The Balaban J connectivity index is 2.09. The second kappa shape index (κ2) is 4.95. The van der Waals surface area contributed by atoms with Crippen LogP contribution in [0, 0.1) is 3.57 Å². The smallest absolute Gasteiger partial charge is 0.339 e. The van der Waals surface area contributed by atoms with Crippen molar-refractivity contribution in [3.8, 4) is 0 Å². The van der Waals surface area contributed by atoms with Crippen molar-refractivity contribution < 1.29 is 19.1 Å². The van der Waals surface area contributed by atoms with Gasteiger partial charge in [-0.25, -0.2) is 4.79 Å². The molecule has 0 atom stereocenters. The van der Waals surface area contributed by atoms with Crippen LogP contribution < -0.4 is 0 Å². The van der Waals surface area contributed by atoms with E-state index in [1.54, 1.807) is 24.3 Å². The number of hydrogen-bond acceptors (Lipinski definition) is 4. The summed E-state index contributed by atoms with van der Waals surface area (Å²) in [6.45, 7) is 0. The van der Waals surface area contributed by atoms with Gasteiger partial charge >= 0.3 is 5.97 Å². The minimum Gasteiger partial charge on any atom is -0.443 e. The van der Waals surface area contributed by atoms with Gasteiger partial charge in [-0.05, 0) is 46.9 Å². The van der Waals surface area contributed by atoms with Crippen LogP contribution in [0.1, 0.15) is 23.2 Å². The van der Waals surface area contributed by atoms with Gasteiger partial charge in [0, 0.05) is 16.4 Å². The van der Waals surface area contributed by atoms with Gasteiger partial charge in [0.05, 0.1) is 5.56 Å². The molecule has 88 valence electrons. The molecule has 1 aromatic carbocycles. The van der Waals surface area contributed by atoms with Gasteiger partial charge in [-0.15, -0.1) is 0 Å². The summed E-state index contributed by atoms with van der Waals surface area (Å²) < 4.78 is 5.91. The fourth-order valence-corrected chi connectivity index (χ4v) is 1.94. The highest BCUT2D eigenvalue weighted by molar-refractivity contribution is 14.1. The molecule has 0 radical (unpaired) electrons. The third-order valence-corrected chi connectivity index (χ3v) is 3.23. The molecular weight excluding hydrogens is 335 g/mol. The fourth-order valence-electron chi connectivity index (χ4n) is 1.58. The maximum atomic E-state index is 11.7. The highest BCUT2D eigenvalue weighted by Gasteiger charge is 2.36. The van der Waals surface area contributed by atoms with Gasteiger partial charge in [-0.1, -0.05) is 0 Å². The molecule has 0 heterocycles. The molecule has 1 aliphatic rings. The Bertz CT molecular complexity index is 462. The predicted molar refractivity (Wildman–Crippen MR) is 67.6 cm³/mol. The van der Waals surface area contributed by atoms with Gasteiger partial charge in [0.2, 0.25) is 6.10 Å². The summed E-state index contributed by atoms with van der Waals surface area (Å²) in [6, 6.07) is 6.73. The lowest BCUT2D eigenvalue weighted by Gasteiger charge is -2.09. The molecule has 1 saturated carbocycles. The minimum absolute atomic E-state index is 0.170. The van der Waals surface area contributed by atoms with Crippen molar-refractivity contribution in [2.75, 3.05) is 0 Å². The first-order valence-electron chi connectivity index (χ1n) is 5.10. The molecule has 4 nitrogen and oxygen atoms in total. The van der Waals surface area contributed by atoms with E-state index >= 15 is 0 Å². The summed E-state index contributed by atoms with van der Waals surface area (Å²) in [7, 11) is 0. The lowest BCUT2D eigenvalue weighted by Crippen LogP contribution is -2.28. The monoisotopic (exact) mass is 344 g/mol. The number of esters is 1. The molecule has 0 unspecified atom stereocenters. The number of Topliss-reactive ketones (excluding diaryl/α,β-unsaturated/α-hetero) is 2. The summed E-state index contributed by atoms with van der Waals surface area (Å²) >= 11 is 2.12. The summed E-state index contributed by atoms with van der Waals surface area (Å²) in [5, 5.41) is 0. The number of hydrogen-bond donors (Lipinski definition) is 0. The average Bonchev–Trinajstić information content (AvgIpc) is 2.61. The number of benzene rings is 1. The molecule has 0 aliphatic heterocycles. The molecule has 0 aromatic heterocycles. The third-order valence-electron chi connectivity index (χ3n) is 2.51. The van der Waals surface area contributed by atoms with Crippen LogP contribution in [0.15, 0.2) is 24.3 Å². The highest BCUT2D eigenvalue weighted by Crippen LogP contribution is 2.16. The first kappa shape index (κ1) is 12.2. The second-order valence-electron chi connectivity index (χ2n) is 3.72. The zero-order chi connectivity index (χ0) is 12.4. The summed E-state index contributed by atoms with van der Waals surface area (Å²) in [4.78, 5) is 34.3. The Morgan fingerprint density at radius 3 is 2.18 bits per heavy atom. The van der Waals surface area contributed by atoms with Crippen molar-refractivity contribution in [3.05, 3.63) is 33.4 Å². The number of carbonyl (C=O) groups is 3. The fraction of sp³-hybridized carbons (Fsp3) is 0.250. The molecule has 0 amide bonds. The molecular formula is C12H9IO4. The molecule has 17 heavy (non-hydrogen) atoms. The quantitative estimate of drug-likeness (QED) is 0.466. The number of ether oxygens (including phenoxy) is 1. The van der Waals surface area contributed by atoms with Crippen LogP contribution >= 0.6 is 22.6 Å². The van der Waals surface area contributed by atoms with Crippen molar-refractivity contribution in [1.82, 2.24) is 0 Å². The zero-order valence-corrected chi connectivity index (χ0v) is 11.0. The Kier molecular flexibility index (Phi) is 3.56. The van der Waals surface area contributed by atoms with E-state index in [9.17, 15) is 14.4 Å². The van der Waals surface area contributed by atoms with Crippen LogP contribution in [-0.4, -0.2) is 23.6 Å². The number of rotatable bonds is 2. The van der Waals surface area contributed by atoms with Gasteiger partial charge in [0.1, 0.15) is 0 Å². The SMILES string of the molecule is O=C(OC1C(=O)CCC1=O)c1ccc(I)cc1. The third kappa shape index (κ3) is 2.71. The van der Waals surface area contributed by atoms with E-state index in [4.69, 9.17) is 4.74 Å². The Morgan fingerprint density at radius 2 is 1.65 bits per heavy atom. The Morgan fingerprint density at radius 1 is 1.12 bits per heavy atom. The second-order valence-corrected chi connectivity index (χ2v) is 4.97. The van der Waals surface area contributed by atoms with E-state index in [0.29, 0.717) is 5.56 Å². The predicted octanol–water partition coefficient (Wildman–Crippen LogP) is 1.75. The van der Waals surface area contributed by atoms with E-state index in [2.05, 4.69) is 22.6 Å². The molecule has 0 bridgehead atoms. The van der Waals surface area contributed by atoms with E-state index in [1.807, 2.05) is 0 Å². The maximum Gasteiger partial charge on any atom is 0.339 e. The van der Waals surface area contributed by atoms with Crippen LogP contribution in [0.4, 0.5) is 0 Å². The van der Waals surface area contributed by atoms with E-state index in [0.717, 1.165) is 3.57 Å². The Labute approximate surface area is 111 Å². The van der Waals surface area contributed by atoms with Crippen LogP contribution in [0.25, 0.3) is 0 Å². The normalized spacial score (nSPS) is 16.3.